The van der Waals surface area contributed by atoms with Crippen LogP contribution in [0.4, 0.5) is 0 Å². The van der Waals surface area contributed by atoms with Gasteiger partial charge in [0.2, 0.25) is 0 Å². The molecule has 0 aromatic heterocycles. The number of rotatable bonds is 5. The van der Waals surface area contributed by atoms with E-state index in [1.807, 2.05) is 24.3 Å². The Kier molecular flexibility index (Phi) is 2.86. The minimum Gasteiger partial charge on any atom is -0.493 e. The molecule has 0 saturated heterocycles. The van der Waals surface area contributed by atoms with Crippen LogP contribution in [-0.2, 0) is 0 Å². The van der Waals surface area contributed by atoms with Crippen molar-refractivity contribution in [3.05, 3.63) is 29.8 Å². The van der Waals surface area contributed by atoms with Crippen molar-refractivity contribution >= 4 is 5.84 Å². The third-order valence-electron chi connectivity index (χ3n) is 3.09. The van der Waals surface area contributed by atoms with Crippen LogP contribution in [0.25, 0.3) is 0 Å². The van der Waals surface area contributed by atoms with E-state index in [9.17, 15) is 0 Å². The standard InChI is InChI=1S/C13H18N2O/c1-10-2-4-11(5-3-10)16-9-13(6-7-13)8-12(14)15/h2-5H,6-9H2,1H3,(H3,14,15). The van der Waals surface area contributed by atoms with Crippen molar-refractivity contribution in [1.82, 2.24) is 0 Å². The van der Waals surface area contributed by atoms with E-state index in [-0.39, 0.29) is 11.3 Å². The quantitative estimate of drug-likeness (QED) is 0.589. The molecule has 3 heteroatoms. The normalized spacial score (nSPS) is 16.8. The number of benzene rings is 1. The molecule has 0 amide bonds. The summed E-state index contributed by atoms with van der Waals surface area (Å²) in [6.07, 6.45) is 2.91. The number of amidine groups is 1. The molecule has 1 aliphatic rings. The van der Waals surface area contributed by atoms with Crippen molar-refractivity contribution in [2.24, 2.45) is 11.1 Å². The monoisotopic (exact) mass is 218 g/mol. The van der Waals surface area contributed by atoms with Gasteiger partial charge in [-0.05, 0) is 31.9 Å². The summed E-state index contributed by atoms with van der Waals surface area (Å²) in [5, 5.41) is 7.32. The first kappa shape index (κ1) is 11.0. The van der Waals surface area contributed by atoms with E-state index in [1.165, 1.54) is 5.56 Å². The molecule has 0 heterocycles. The predicted molar refractivity (Wildman–Crippen MR) is 64.9 cm³/mol. The molecule has 3 N–H and O–H groups in total. The lowest BCUT2D eigenvalue weighted by molar-refractivity contribution is 0.238. The summed E-state index contributed by atoms with van der Waals surface area (Å²) < 4.78 is 5.74. The molecule has 0 aliphatic heterocycles. The minimum absolute atomic E-state index is 0.150. The van der Waals surface area contributed by atoms with Crippen LogP contribution < -0.4 is 10.5 Å². The second-order valence-corrected chi connectivity index (χ2v) is 4.80. The van der Waals surface area contributed by atoms with Gasteiger partial charge in [-0.3, -0.25) is 5.41 Å². The fraction of sp³-hybridized carbons (Fsp3) is 0.462. The molecule has 1 fully saturated rings. The van der Waals surface area contributed by atoms with Crippen LogP contribution in [0.15, 0.2) is 24.3 Å². The van der Waals surface area contributed by atoms with Gasteiger partial charge in [-0.2, -0.15) is 0 Å². The highest BCUT2D eigenvalue weighted by Crippen LogP contribution is 2.48. The second-order valence-electron chi connectivity index (χ2n) is 4.80. The summed E-state index contributed by atoms with van der Waals surface area (Å²) >= 11 is 0. The number of ether oxygens (including phenoxy) is 1. The first-order valence-corrected chi connectivity index (χ1v) is 5.62. The lowest BCUT2D eigenvalue weighted by Gasteiger charge is -2.15. The average molecular weight is 218 g/mol. The van der Waals surface area contributed by atoms with E-state index in [0.717, 1.165) is 18.6 Å². The van der Waals surface area contributed by atoms with Gasteiger partial charge >= 0.3 is 0 Å². The Hall–Kier alpha value is -1.51. The van der Waals surface area contributed by atoms with Crippen LogP contribution >= 0.6 is 0 Å². The van der Waals surface area contributed by atoms with E-state index in [4.69, 9.17) is 15.9 Å². The first-order valence-electron chi connectivity index (χ1n) is 5.62. The zero-order chi connectivity index (χ0) is 11.6. The lowest BCUT2D eigenvalue weighted by atomic mass is 10.0. The van der Waals surface area contributed by atoms with Gasteiger partial charge in [-0.15, -0.1) is 0 Å². The van der Waals surface area contributed by atoms with Crippen LogP contribution in [0.5, 0.6) is 5.75 Å². The van der Waals surface area contributed by atoms with Gasteiger partial charge in [0.1, 0.15) is 5.75 Å². The zero-order valence-corrected chi connectivity index (χ0v) is 9.62. The molecule has 0 unspecified atom stereocenters. The van der Waals surface area contributed by atoms with Gasteiger partial charge < -0.3 is 10.5 Å². The highest BCUT2D eigenvalue weighted by molar-refractivity contribution is 5.78. The molecule has 0 radical (unpaired) electrons. The van der Waals surface area contributed by atoms with E-state index in [1.54, 1.807) is 0 Å². The number of aryl methyl sites for hydroxylation is 1. The number of hydrogen-bond acceptors (Lipinski definition) is 2. The summed E-state index contributed by atoms with van der Waals surface area (Å²) in [6, 6.07) is 8.05. The predicted octanol–water partition coefficient (Wildman–Crippen LogP) is 2.48. The van der Waals surface area contributed by atoms with Crippen molar-refractivity contribution in [2.75, 3.05) is 6.61 Å². The maximum atomic E-state index is 7.32. The summed E-state index contributed by atoms with van der Waals surface area (Å²) in [6.45, 7) is 2.73. The summed E-state index contributed by atoms with van der Waals surface area (Å²) in [5.41, 5.74) is 6.82. The Bertz CT molecular complexity index is 379. The SMILES string of the molecule is Cc1ccc(OCC2(CC(=N)N)CC2)cc1. The highest BCUT2D eigenvalue weighted by Gasteiger charge is 2.43. The Morgan fingerprint density at radius 3 is 2.50 bits per heavy atom. The molecule has 3 nitrogen and oxygen atoms in total. The number of nitrogens with one attached hydrogen (secondary N) is 1. The molecule has 1 saturated carbocycles. The van der Waals surface area contributed by atoms with Gasteiger partial charge in [-0.25, -0.2) is 0 Å². The molecule has 1 aromatic carbocycles. The van der Waals surface area contributed by atoms with Crippen molar-refractivity contribution in [2.45, 2.75) is 26.2 Å². The minimum atomic E-state index is 0.150. The van der Waals surface area contributed by atoms with Crippen molar-refractivity contribution in [3.8, 4) is 5.75 Å². The van der Waals surface area contributed by atoms with Gasteiger partial charge in [0.25, 0.3) is 0 Å². The topological polar surface area (TPSA) is 59.1 Å². The van der Waals surface area contributed by atoms with Crippen molar-refractivity contribution in [1.29, 1.82) is 5.41 Å². The Morgan fingerprint density at radius 2 is 2.00 bits per heavy atom. The molecule has 0 spiro atoms. The van der Waals surface area contributed by atoms with Gasteiger partial charge in [-0.1, -0.05) is 17.7 Å². The van der Waals surface area contributed by atoms with E-state index in [0.29, 0.717) is 13.0 Å². The molecule has 0 atom stereocenters. The summed E-state index contributed by atoms with van der Waals surface area (Å²) in [5.74, 6) is 1.17. The highest BCUT2D eigenvalue weighted by atomic mass is 16.5. The van der Waals surface area contributed by atoms with Crippen LogP contribution in [0.2, 0.25) is 0 Å². The largest absolute Gasteiger partial charge is 0.493 e. The smallest absolute Gasteiger partial charge is 0.119 e. The first-order chi connectivity index (χ1) is 7.60. The third-order valence-corrected chi connectivity index (χ3v) is 3.09. The Labute approximate surface area is 96.1 Å². The molecule has 1 aromatic rings. The molecule has 16 heavy (non-hydrogen) atoms. The number of nitrogens with two attached hydrogens (primary N) is 1. The third kappa shape index (κ3) is 2.75. The molecule has 0 bridgehead atoms. The van der Waals surface area contributed by atoms with Crippen molar-refractivity contribution < 1.29 is 4.74 Å². The van der Waals surface area contributed by atoms with Crippen LogP contribution in [0, 0.1) is 17.7 Å². The van der Waals surface area contributed by atoms with E-state index < -0.39 is 0 Å². The van der Waals surface area contributed by atoms with Crippen molar-refractivity contribution in [3.63, 3.8) is 0 Å². The maximum absolute atomic E-state index is 7.32. The average Bonchev–Trinajstić information content (AvgIpc) is 2.97. The van der Waals surface area contributed by atoms with Gasteiger partial charge in [0.05, 0.1) is 12.4 Å². The lowest BCUT2D eigenvalue weighted by Crippen LogP contribution is -2.21. The van der Waals surface area contributed by atoms with Crippen LogP contribution in [0.3, 0.4) is 0 Å². The fourth-order valence-electron chi connectivity index (χ4n) is 1.82. The molecular weight excluding hydrogens is 200 g/mol. The Balaban J connectivity index is 1.87. The van der Waals surface area contributed by atoms with E-state index in [2.05, 4.69) is 6.92 Å². The van der Waals surface area contributed by atoms with Crippen LogP contribution in [-0.4, -0.2) is 12.4 Å². The maximum Gasteiger partial charge on any atom is 0.119 e. The molecular formula is C13H18N2O. The molecule has 2 rings (SSSR count). The molecule has 86 valence electrons. The summed E-state index contributed by atoms with van der Waals surface area (Å²) in [4.78, 5) is 0. The van der Waals surface area contributed by atoms with Crippen LogP contribution in [0.1, 0.15) is 24.8 Å². The van der Waals surface area contributed by atoms with Gasteiger partial charge in [0, 0.05) is 11.8 Å². The van der Waals surface area contributed by atoms with Gasteiger partial charge in [0.15, 0.2) is 0 Å². The molecule has 1 aliphatic carbocycles. The Morgan fingerprint density at radius 1 is 1.38 bits per heavy atom. The summed E-state index contributed by atoms with van der Waals surface area (Å²) in [7, 11) is 0. The fourth-order valence-corrected chi connectivity index (χ4v) is 1.82. The van der Waals surface area contributed by atoms with E-state index >= 15 is 0 Å². The second kappa shape index (κ2) is 4.16. The number of hydrogen-bond donors (Lipinski definition) is 2. The zero-order valence-electron chi connectivity index (χ0n) is 9.62.